The normalized spacial score (nSPS) is 19.8. The number of hydrogen-bond donors (Lipinski definition) is 1. The highest BCUT2D eigenvalue weighted by Crippen LogP contribution is 2.47. The van der Waals surface area contributed by atoms with Crippen molar-refractivity contribution < 1.29 is 14.3 Å². The largest absolute Gasteiger partial charge is 0.448 e. The van der Waals surface area contributed by atoms with Crippen LogP contribution in [0.5, 0.6) is 11.5 Å². The fourth-order valence-corrected chi connectivity index (χ4v) is 4.98. The lowest BCUT2D eigenvalue weighted by molar-refractivity contribution is -0.117. The van der Waals surface area contributed by atoms with Gasteiger partial charge in [0, 0.05) is 44.2 Å². The summed E-state index contributed by atoms with van der Waals surface area (Å²) in [6.45, 7) is 4.92. The summed E-state index contributed by atoms with van der Waals surface area (Å²) in [5, 5.41) is 12.0. The van der Waals surface area contributed by atoms with Gasteiger partial charge in [-0.3, -0.25) is 14.6 Å². The van der Waals surface area contributed by atoms with E-state index in [0.717, 1.165) is 82.0 Å². The molecule has 0 radical (unpaired) electrons. The molecular weight excluding hydrogens is 416 g/mol. The van der Waals surface area contributed by atoms with Crippen LogP contribution >= 0.6 is 0 Å². The Labute approximate surface area is 194 Å². The first-order valence-electron chi connectivity index (χ1n) is 11.9. The minimum absolute atomic E-state index is 0.00927. The smallest absolute Gasteiger partial charge is 0.251 e. The van der Waals surface area contributed by atoms with Gasteiger partial charge in [-0.15, -0.1) is 0 Å². The van der Waals surface area contributed by atoms with Crippen LogP contribution in [0, 0.1) is 11.3 Å². The van der Waals surface area contributed by atoms with Gasteiger partial charge < -0.3 is 14.8 Å². The highest BCUT2D eigenvalue weighted by molar-refractivity contribution is 5.92. The molecule has 1 N–H and O–H groups in total. The number of nitriles is 1. The van der Waals surface area contributed by atoms with Gasteiger partial charge >= 0.3 is 0 Å². The quantitative estimate of drug-likeness (QED) is 0.754. The number of anilines is 1. The lowest BCUT2D eigenvalue weighted by Gasteiger charge is -2.21. The molecule has 1 aliphatic carbocycles. The van der Waals surface area contributed by atoms with Crippen molar-refractivity contribution in [2.75, 3.05) is 38.0 Å². The number of hydrogen-bond acceptors (Lipinski definition) is 6. The number of benzene rings is 2. The number of rotatable bonds is 5. The molecule has 172 valence electrons. The van der Waals surface area contributed by atoms with E-state index in [9.17, 15) is 4.79 Å². The Bertz CT molecular complexity index is 1040. The molecule has 2 heterocycles. The van der Waals surface area contributed by atoms with E-state index in [0.29, 0.717) is 12.1 Å². The molecule has 2 fully saturated rings. The van der Waals surface area contributed by atoms with E-state index in [1.807, 2.05) is 42.5 Å². The van der Waals surface area contributed by atoms with E-state index in [1.54, 1.807) is 0 Å². The summed E-state index contributed by atoms with van der Waals surface area (Å²) in [4.78, 5) is 17.3. The molecule has 2 aromatic carbocycles. The first kappa shape index (κ1) is 21.7. The molecule has 1 spiro atoms. The second kappa shape index (κ2) is 9.42. The van der Waals surface area contributed by atoms with Gasteiger partial charge in [-0.05, 0) is 62.2 Å². The molecule has 1 amide bonds. The number of nitrogens with zero attached hydrogens (tertiary/aromatic N) is 3. The molecule has 1 saturated carbocycles. The molecule has 7 nitrogen and oxygen atoms in total. The van der Waals surface area contributed by atoms with Gasteiger partial charge in [-0.25, -0.2) is 0 Å². The minimum Gasteiger partial charge on any atom is -0.448 e. The van der Waals surface area contributed by atoms with Gasteiger partial charge in [0.2, 0.25) is 5.91 Å². The van der Waals surface area contributed by atoms with Crippen molar-refractivity contribution in [3.63, 3.8) is 0 Å². The van der Waals surface area contributed by atoms with Crippen molar-refractivity contribution in [3.8, 4) is 17.6 Å². The molecule has 0 unspecified atom stereocenters. The van der Waals surface area contributed by atoms with Crippen LogP contribution in [0.1, 0.15) is 43.2 Å². The number of nitrogens with one attached hydrogen (secondary N) is 1. The highest BCUT2D eigenvalue weighted by atomic mass is 16.7. The Kier molecular flexibility index (Phi) is 6.21. The summed E-state index contributed by atoms with van der Waals surface area (Å²) in [6, 6.07) is 15.6. The first-order chi connectivity index (χ1) is 16.1. The predicted molar refractivity (Wildman–Crippen MR) is 125 cm³/mol. The number of ether oxygens (including phenoxy) is 2. The fourth-order valence-electron chi connectivity index (χ4n) is 4.98. The summed E-state index contributed by atoms with van der Waals surface area (Å²) in [5.41, 5.74) is 2.64. The molecule has 2 aromatic rings. The van der Waals surface area contributed by atoms with Crippen LogP contribution in [0.3, 0.4) is 0 Å². The van der Waals surface area contributed by atoms with Crippen LogP contribution in [0.4, 0.5) is 5.69 Å². The van der Waals surface area contributed by atoms with Gasteiger partial charge in [0.25, 0.3) is 5.79 Å². The topological polar surface area (TPSA) is 77.8 Å². The van der Waals surface area contributed by atoms with E-state index in [1.165, 1.54) is 5.56 Å². The Hall–Kier alpha value is -3.08. The second-order valence-electron chi connectivity index (χ2n) is 9.25. The molecule has 0 aromatic heterocycles. The van der Waals surface area contributed by atoms with Crippen LogP contribution < -0.4 is 14.8 Å². The zero-order chi connectivity index (χ0) is 22.7. The predicted octanol–water partition coefficient (Wildman–Crippen LogP) is 3.75. The molecule has 0 atom stereocenters. The van der Waals surface area contributed by atoms with E-state index in [4.69, 9.17) is 14.7 Å². The third-order valence-corrected chi connectivity index (χ3v) is 6.72. The van der Waals surface area contributed by atoms with Gasteiger partial charge in [0.1, 0.15) is 0 Å². The molecule has 33 heavy (non-hydrogen) atoms. The van der Waals surface area contributed by atoms with Gasteiger partial charge in [0.05, 0.1) is 18.2 Å². The SMILES string of the molecule is N#Cc1ccc(CN2CCCN(CC(=O)Nc3ccc4c(c3)OC3(CCCC3)O4)CC2)cc1. The summed E-state index contributed by atoms with van der Waals surface area (Å²) in [5.74, 6) is 0.998. The van der Waals surface area contributed by atoms with Crippen LogP contribution in [0.25, 0.3) is 0 Å². The summed E-state index contributed by atoms with van der Waals surface area (Å²) >= 11 is 0. The lowest BCUT2D eigenvalue weighted by atomic mass is 10.1. The lowest BCUT2D eigenvalue weighted by Crippen LogP contribution is -2.36. The Balaban J connectivity index is 1.11. The number of amides is 1. The average Bonchev–Trinajstić information content (AvgIpc) is 3.35. The highest BCUT2D eigenvalue weighted by Gasteiger charge is 2.44. The maximum absolute atomic E-state index is 12.7. The Morgan fingerprint density at radius 2 is 1.67 bits per heavy atom. The van der Waals surface area contributed by atoms with Crippen molar-refractivity contribution in [3.05, 3.63) is 53.6 Å². The van der Waals surface area contributed by atoms with Crippen LogP contribution in [-0.2, 0) is 11.3 Å². The standard InChI is InChI=1S/C26H30N4O3/c27-17-20-4-6-21(7-5-20)18-29-12-3-13-30(15-14-29)19-25(31)28-22-8-9-23-24(16-22)33-26(32-23)10-1-2-11-26/h4-9,16H,1-3,10-15,18-19H2,(H,28,31). The maximum Gasteiger partial charge on any atom is 0.251 e. The minimum atomic E-state index is -0.485. The van der Waals surface area contributed by atoms with E-state index in [2.05, 4.69) is 21.2 Å². The third kappa shape index (κ3) is 5.13. The molecule has 7 heteroatoms. The van der Waals surface area contributed by atoms with Crippen LogP contribution in [-0.4, -0.2) is 54.2 Å². The van der Waals surface area contributed by atoms with E-state index < -0.39 is 5.79 Å². The average molecular weight is 447 g/mol. The van der Waals surface area contributed by atoms with Crippen molar-refractivity contribution >= 4 is 11.6 Å². The van der Waals surface area contributed by atoms with Crippen molar-refractivity contribution in [1.82, 2.24) is 9.80 Å². The van der Waals surface area contributed by atoms with Gasteiger partial charge in [-0.2, -0.15) is 5.26 Å². The number of fused-ring (bicyclic) bond motifs is 1. The van der Waals surface area contributed by atoms with E-state index >= 15 is 0 Å². The van der Waals surface area contributed by atoms with Crippen molar-refractivity contribution in [2.24, 2.45) is 0 Å². The summed E-state index contributed by atoms with van der Waals surface area (Å²) in [6.07, 6.45) is 5.10. The zero-order valence-corrected chi connectivity index (χ0v) is 18.9. The van der Waals surface area contributed by atoms with Gasteiger partial charge in [0.15, 0.2) is 11.5 Å². The second-order valence-corrected chi connectivity index (χ2v) is 9.25. The molecular formula is C26H30N4O3. The number of carbonyl (C=O) groups is 1. The van der Waals surface area contributed by atoms with Crippen molar-refractivity contribution in [1.29, 1.82) is 5.26 Å². The van der Waals surface area contributed by atoms with Crippen molar-refractivity contribution in [2.45, 2.75) is 44.4 Å². The summed E-state index contributed by atoms with van der Waals surface area (Å²) < 4.78 is 12.2. The van der Waals surface area contributed by atoms with E-state index in [-0.39, 0.29) is 5.91 Å². The summed E-state index contributed by atoms with van der Waals surface area (Å²) in [7, 11) is 0. The maximum atomic E-state index is 12.7. The van der Waals surface area contributed by atoms with Gasteiger partial charge in [-0.1, -0.05) is 12.1 Å². The number of carbonyl (C=O) groups excluding carboxylic acids is 1. The monoisotopic (exact) mass is 446 g/mol. The molecule has 5 rings (SSSR count). The molecule has 1 saturated heterocycles. The fraction of sp³-hybridized carbons (Fsp3) is 0.462. The molecule has 3 aliphatic rings. The first-order valence-corrected chi connectivity index (χ1v) is 11.9. The van der Waals surface area contributed by atoms with Crippen LogP contribution in [0.2, 0.25) is 0 Å². The van der Waals surface area contributed by atoms with Crippen LogP contribution in [0.15, 0.2) is 42.5 Å². The third-order valence-electron chi connectivity index (χ3n) is 6.72. The Morgan fingerprint density at radius 3 is 2.45 bits per heavy atom. The Morgan fingerprint density at radius 1 is 0.939 bits per heavy atom. The molecule has 0 bridgehead atoms. The zero-order valence-electron chi connectivity index (χ0n) is 18.9. The molecule has 2 aliphatic heterocycles.